The van der Waals surface area contributed by atoms with E-state index >= 15 is 0 Å². The van der Waals surface area contributed by atoms with Crippen LogP contribution in [0.1, 0.15) is 66.8 Å². The summed E-state index contributed by atoms with van der Waals surface area (Å²) in [7, 11) is 0. The molecule has 12 rings (SSSR count). The number of rotatable bonds is 13. The van der Waals surface area contributed by atoms with Crippen molar-refractivity contribution >= 4 is 34.1 Å². The first-order valence-electron chi connectivity index (χ1n) is 30.8. The van der Waals surface area contributed by atoms with Crippen LogP contribution in [0, 0.1) is 148 Å². The van der Waals surface area contributed by atoms with Crippen LogP contribution in [0.15, 0.2) is 243 Å². The van der Waals surface area contributed by atoms with Gasteiger partial charge in [-0.15, -0.1) is 77.1 Å². The van der Waals surface area contributed by atoms with Gasteiger partial charge in [-0.25, -0.2) is 0 Å². The smallest absolute Gasteiger partial charge is 0.0639 e. The topological polar surface area (TPSA) is 6.48 Å². The lowest BCUT2D eigenvalue weighted by atomic mass is 9.85. The molecular formula is C96H52N2. The van der Waals surface area contributed by atoms with Gasteiger partial charge in [-0.3, -0.25) is 0 Å². The molecule has 2 nitrogen and oxygen atoms in total. The van der Waals surface area contributed by atoms with E-state index in [0.29, 0.717) is 83.7 Å². The van der Waals surface area contributed by atoms with E-state index in [9.17, 15) is 0 Å². The highest BCUT2D eigenvalue weighted by atomic mass is 15.1. The van der Waals surface area contributed by atoms with Crippen molar-refractivity contribution < 1.29 is 0 Å². The van der Waals surface area contributed by atoms with E-state index < -0.39 is 0 Å². The standard InChI is InChI=1S/C96H52N2/c1-13-65-34-28-42-89(83(65)19-7)77-59-74(60-78(61-77)90-43-29-35-66(14-2)84(90)20-8)76-58-75(73-52-57-93(91-44-30-36-67(15-3)85(91)21-9)94(64-73)92-45-31-37-68(16-4)86(92)22-10)62-82(63-76)98(96-47-33-39-70(18-6)88(96)24-12)81-55-50-72(51-56-81)71-48-53-80(54-49-71)97(79-40-26-25-27-41-79)95-46-32-38-69(17-5)87(95)23-11/h1-12,25-64H. The molecule has 0 saturated heterocycles. The molecule has 0 unspecified atom stereocenters. The Balaban J connectivity index is 1.12. The van der Waals surface area contributed by atoms with E-state index in [0.717, 1.165) is 95.1 Å². The maximum atomic E-state index is 6.55. The van der Waals surface area contributed by atoms with Crippen LogP contribution in [-0.2, 0) is 0 Å². The molecule has 0 N–H and O–H groups in total. The van der Waals surface area contributed by atoms with Crippen LogP contribution < -0.4 is 9.80 Å². The van der Waals surface area contributed by atoms with Gasteiger partial charge < -0.3 is 9.80 Å². The molecular weight excluding hydrogens is 1180 g/mol. The number of nitrogens with zero attached hydrogens (tertiary/aromatic N) is 2. The van der Waals surface area contributed by atoms with Crippen LogP contribution >= 0.6 is 0 Å². The highest BCUT2D eigenvalue weighted by Gasteiger charge is 2.24. The molecule has 12 aromatic carbocycles. The summed E-state index contributed by atoms with van der Waals surface area (Å²) < 4.78 is 0. The predicted molar refractivity (Wildman–Crippen MR) is 409 cm³/mol. The van der Waals surface area contributed by atoms with Gasteiger partial charge in [-0.05, 0) is 205 Å². The van der Waals surface area contributed by atoms with Crippen molar-refractivity contribution in [1.82, 2.24) is 0 Å². The van der Waals surface area contributed by atoms with Crippen molar-refractivity contribution in [3.05, 3.63) is 309 Å². The molecule has 0 aliphatic carbocycles. The molecule has 0 bridgehead atoms. The summed E-state index contributed by atoms with van der Waals surface area (Å²) in [4.78, 5) is 4.23. The highest BCUT2D eigenvalue weighted by molar-refractivity contribution is 5.96. The van der Waals surface area contributed by atoms with E-state index in [2.05, 4.69) is 178 Å². The van der Waals surface area contributed by atoms with Crippen molar-refractivity contribution in [3.63, 3.8) is 0 Å². The normalized spacial score (nSPS) is 10.1. The van der Waals surface area contributed by atoms with Gasteiger partial charge in [-0.1, -0.05) is 186 Å². The third-order valence-corrected chi connectivity index (χ3v) is 17.2. The lowest BCUT2D eigenvalue weighted by molar-refractivity contribution is 1.27. The van der Waals surface area contributed by atoms with Crippen LogP contribution in [0.2, 0.25) is 0 Å². The van der Waals surface area contributed by atoms with Gasteiger partial charge in [0, 0.05) is 78.4 Å². The zero-order valence-corrected chi connectivity index (χ0v) is 52.9. The summed E-state index contributed by atoms with van der Waals surface area (Å²) in [5.41, 5.74) is 22.3. The molecule has 12 aromatic rings. The van der Waals surface area contributed by atoms with Gasteiger partial charge in [0.1, 0.15) is 0 Å². The molecule has 98 heavy (non-hydrogen) atoms. The van der Waals surface area contributed by atoms with Gasteiger partial charge >= 0.3 is 0 Å². The van der Waals surface area contributed by atoms with E-state index in [4.69, 9.17) is 77.1 Å². The van der Waals surface area contributed by atoms with Crippen LogP contribution in [-0.4, -0.2) is 0 Å². The van der Waals surface area contributed by atoms with Gasteiger partial charge in [-0.2, -0.15) is 0 Å². The van der Waals surface area contributed by atoms with Gasteiger partial charge in [0.25, 0.3) is 0 Å². The average Bonchev–Trinajstić information content (AvgIpc) is 0.764. The molecule has 0 spiro atoms. The molecule has 0 heterocycles. The number of benzene rings is 12. The summed E-state index contributed by atoms with van der Waals surface area (Å²) >= 11 is 0. The van der Waals surface area contributed by atoms with Crippen molar-refractivity contribution in [3.8, 4) is 226 Å². The lowest BCUT2D eigenvalue weighted by Crippen LogP contribution is -2.13. The van der Waals surface area contributed by atoms with Crippen LogP contribution in [0.3, 0.4) is 0 Å². The Morgan fingerprint density at radius 2 is 0.480 bits per heavy atom. The zero-order chi connectivity index (χ0) is 68.4. The number of terminal acetylenes is 12. The van der Waals surface area contributed by atoms with Crippen molar-refractivity contribution in [2.24, 2.45) is 0 Å². The lowest BCUT2D eigenvalue weighted by Gasteiger charge is -2.29. The number of hydrogen-bond acceptors (Lipinski definition) is 2. The van der Waals surface area contributed by atoms with E-state index in [-0.39, 0.29) is 0 Å². The summed E-state index contributed by atoms with van der Waals surface area (Å²) in [5, 5.41) is 0. The Hall–Kier alpha value is -15.0. The summed E-state index contributed by atoms with van der Waals surface area (Å²) in [6.45, 7) is 0. The van der Waals surface area contributed by atoms with Gasteiger partial charge in [0.15, 0.2) is 0 Å². The van der Waals surface area contributed by atoms with E-state index in [1.54, 1.807) is 0 Å². The van der Waals surface area contributed by atoms with E-state index in [1.165, 1.54) is 0 Å². The SMILES string of the molecule is C#Cc1cccc(-c2cc(-c3cc(-c4ccc(-c5cccc(C#C)c5C#C)c(-c5cccc(C#C)c5C#C)c4)cc(N(c4ccc(-c5ccc(N(c6ccccc6)c6cccc(C#C)c6C#C)cc5)cc4)c4cccc(C#C)c4C#C)c3)cc(-c3cccc(C#C)c3C#C)c2)c1C#C. The monoisotopic (exact) mass is 1230 g/mol. The number of hydrogen-bond donors (Lipinski definition) is 0. The number of anilines is 6. The second-order valence-electron chi connectivity index (χ2n) is 22.5. The highest BCUT2D eigenvalue weighted by Crippen LogP contribution is 2.47. The summed E-state index contributed by atoms with van der Waals surface area (Å²) in [5.74, 6) is 34.2. The maximum absolute atomic E-state index is 6.55. The molecule has 0 radical (unpaired) electrons. The Kier molecular flexibility index (Phi) is 17.9. The average molecular weight is 1230 g/mol. The molecule has 0 saturated carbocycles. The summed E-state index contributed by atoms with van der Waals surface area (Å²) in [6.07, 6.45) is 74.9. The fraction of sp³-hybridized carbons (Fsp3) is 0. The molecule has 2 heteroatoms. The Morgan fingerprint density at radius 1 is 0.173 bits per heavy atom. The molecule has 0 aliphatic heterocycles. The Morgan fingerprint density at radius 3 is 0.888 bits per heavy atom. The maximum Gasteiger partial charge on any atom is 0.0639 e. The molecule has 0 amide bonds. The minimum atomic E-state index is 0.500. The largest absolute Gasteiger partial charge is 0.309 e. The molecule has 0 atom stereocenters. The third kappa shape index (κ3) is 11.7. The number of para-hydroxylation sites is 1. The summed E-state index contributed by atoms with van der Waals surface area (Å²) in [6, 6.07) is 79.6. The predicted octanol–water partition coefficient (Wildman–Crippen LogP) is 20.1. The van der Waals surface area contributed by atoms with Crippen molar-refractivity contribution in [1.29, 1.82) is 0 Å². The van der Waals surface area contributed by atoms with E-state index in [1.807, 2.05) is 146 Å². The fourth-order valence-electron chi connectivity index (χ4n) is 12.6. The van der Waals surface area contributed by atoms with Crippen LogP contribution in [0.5, 0.6) is 0 Å². The quantitative estimate of drug-likeness (QED) is 0.106. The fourth-order valence-corrected chi connectivity index (χ4v) is 12.6. The molecule has 0 aromatic heterocycles. The first kappa shape index (κ1) is 63.1. The molecule has 0 aliphatic rings. The zero-order valence-electron chi connectivity index (χ0n) is 52.9. The first-order valence-corrected chi connectivity index (χ1v) is 30.8. The molecule has 446 valence electrons. The van der Waals surface area contributed by atoms with Gasteiger partial charge in [0.2, 0.25) is 0 Å². The molecule has 0 fully saturated rings. The minimum absolute atomic E-state index is 0.500. The van der Waals surface area contributed by atoms with Gasteiger partial charge in [0.05, 0.1) is 22.5 Å². The van der Waals surface area contributed by atoms with Crippen LogP contribution in [0.25, 0.3) is 77.9 Å². The van der Waals surface area contributed by atoms with Crippen molar-refractivity contribution in [2.45, 2.75) is 0 Å². The first-order chi connectivity index (χ1) is 48.1. The van der Waals surface area contributed by atoms with Crippen molar-refractivity contribution in [2.75, 3.05) is 9.80 Å². The van der Waals surface area contributed by atoms with Crippen LogP contribution in [0.4, 0.5) is 34.1 Å². The Labute approximate surface area is 575 Å². The second-order valence-corrected chi connectivity index (χ2v) is 22.5. The Bertz CT molecular complexity index is 5720. The minimum Gasteiger partial charge on any atom is -0.309 e. The third-order valence-electron chi connectivity index (χ3n) is 17.2. The second kappa shape index (κ2) is 27.8.